The Bertz CT molecular complexity index is 845. The van der Waals surface area contributed by atoms with Crippen molar-refractivity contribution in [1.29, 1.82) is 0 Å². The number of guanidine groups is 1. The van der Waals surface area contributed by atoms with Gasteiger partial charge in [-0.2, -0.15) is 13.2 Å². The summed E-state index contributed by atoms with van der Waals surface area (Å²) in [6.07, 6.45) is -0.557. The highest BCUT2D eigenvalue weighted by Crippen LogP contribution is 2.24. The van der Waals surface area contributed by atoms with Gasteiger partial charge in [-0.1, -0.05) is 30.3 Å². The molecule has 0 aliphatic carbocycles. The maximum atomic E-state index is 12.3. The monoisotopic (exact) mass is 563 g/mol. The van der Waals surface area contributed by atoms with Gasteiger partial charge in [0.1, 0.15) is 0 Å². The van der Waals surface area contributed by atoms with Crippen LogP contribution in [0.5, 0.6) is 5.88 Å². The molecule has 0 bridgehead atoms. The van der Waals surface area contributed by atoms with Crippen LogP contribution in [0.3, 0.4) is 0 Å². The lowest BCUT2D eigenvalue weighted by molar-refractivity contribution is -0.154. The van der Waals surface area contributed by atoms with Gasteiger partial charge in [0.15, 0.2) is 12.6 Å². The van der Waals surface area contributed by atoms with E-state index in [1.54, 1.807) is 13.1 Å². The summed E-state index contributed by atoms with van der Waals surface area (Å²) in [6.45, 7) is 1.86. The number of pyridine rings is 1. The van der Waals surface area contributed by atoms with Crippen LogP contribution in [0.25, 0.3) is 0 Å². The van der Waals surface area contributed by atoms with Crippen molar-refractivity contribution >= 4 is 29.9 Å². The second-order valence-corrected chi connectivity index (χ2v) is 7.38. The van der Waals surface area contributed by atoms with Crippen molar-refractivity contribution in [1.82, 2.24) is 20.5 Å². The number of benzene rings is 1. The van der Waals surface area contributed by atoms with Crippen LogP contribution in [0.1, 0.15) is 30.0 Å². The number of nitrogens with zero attached hydrogens (tertiary/aromatic N) is 3. The molecule has 1 unspecified atom stereocenters. The van der Waals surface area contributed by atoms with Crippen LogP contribution in [0.2, 0.25) is 0 Å². The Morgan fingerprint density at radius 2 is 1.88 bits per heavy atom. The Hall–Kier alpha value is -2.08. The molecule has 176 valence electrons. The predicted molar refractivity (Wildman–Crippen MR) is 129 cm³/mol. The van der Waals surface area contributed by atoms with E-state index >= 15 is 0 Å². The Morgan fingerprint density at radius 3 is 2.53 bits per heavy atom. The SMILES string of the molecule is CN=C(NCc1ccnc(OCC(F)(F)F)c1)NCC(c1ccccc1)N1CCCC1.I. The zero-order valence-corrected chi connectivity index (χ0v) is 20.3. The van der Waals surface area contributed by atoms with Gasteiger partial charge in [0.05, 0.1) is 6.04 Å². The lowest BCUT2D eigenvalue weighted by Gasteiger charge is -2.29. The summed E-state index contributed by atoms with van der Waals surface area (Å²) in [7, 11) is 1.69. The van der Waals surface area contributed by atoms with Crippen molar-refractivity contribution in [2.75, 3.05) is 33.3 Å². The Labute approximate surface area is 203 Å². The first-order valence-corrected chi connectivity index (χ1v) is 10.3. The van der Waals surface area contributed by atoms with Crippen molar-refractivity contribution < 1.29 is 17.9 Å². The van der Waals surface area contributed by atoms with Crippen molar-refractivity contribution in [3.8, 4) is 5.88 Å². The van der Waals surface area contributed by atoms with Crippen molar-refractivity contribution in [3.05, 3.63) is 59.8 Å². The zero-order chi connectivity index (χ0) is 22.1. The van der Waals surface area contributed by atoms with Gasteiger partial charge >= 0.3 is 6.18 Å². The summed E-state index contributed by atoms with van der Waals surface area (Å²) in [4.78, 5) is 10.6. The van der Waals surface area contributed by atoms with Crippen LogP contribution < -0.4 is 15.4 Å². The van der Waals surface area contributed by atoms with E-state index in [1.165, 1.54) is 30.7 Å². The lowest BCUT2D eigenvalue weighted by Crippen LogP contribution is -2.42. The molecule has 1 aliphatic rings. The molecule has 0 amide bonds. The molecular weight excluding hydrogens is 534 g/mol. The number of halogens is 4. The fourth-order valence-corrected chi connectivity index (χ4v) is 3.58. The number of alkyl halides is 3. The van der Waals surface area contributed by atoms with Crippen LogP contribution >= 0.6 is 24.0 Å². The number of aliphatic imine (C=N–C) groups is 1. The first-order chi connectivity index (χ1) is 14.9. The molecule has 1 atom stereocenters. The van der Waals surface area contributed by atoms with Gasteiger partial charge in [-0.05, 0) is 43.1 Å². The van der Waals surface area contributed by atoms with Crippen LogP contribution in [0.15, 0.2) is 53.7 Å². The van der Waals surface area contributed by atoms with E-state index in [-0.39, 0.29) is 35.9 Å². The fourth-order valence-electron chi connectivity index (χ4n) is 3.58. The van der Waals surface area contributed by atoms with Gasteiger partial charge in [-0.15, -0.1) is 24.0 Å². The summed E-state index contributed by atoms with van der Waals surface area (Å²) < 4.78 is 41.7. The Balaban J connectivity index is 0.00000363. The number of likely N-dealkylation sites (tertiary alicyclic amines) is 1. The van der Waals surface area contributed by atoms with E-state index in [0.717, 1.165) is 18.7 Å². The zero-order valence-electron chi connectivity index (χ0n) is 17.9. The molecule has 32 heavy (non-hydrogen) atoms. The highest BCUT2D eigenvalue weighted by Gasteiger charge is 2.28. The van der Waals surface area contributed by atoms with Crippen LogP contribution in [-0.2, 0) is 6.54 Å². The number of hydrogen-bond donors (Lipinski definition) is 2. The molecular formula is C22H29F3IN5O. The summed E-state index contributed by atoms with van der Waals surface area (Å²) in [6, 6.07) is 13.8. The standard InChI is InChI=1S/C22H28F3N5O.HI/c1-26-21(28-14-17-9-10-27-20(13-17)31-16-22(23,24)25)29-15-19(30-11-5-6-12-30)18-7-3-2-4-8-18;/h2-4,7-10,13,19H,5-6,11-12,14-16H2,1H3,(H2,26,28,29);1H. The molecule has 3 rings (SSSR count). The highest BCUT2D eigenvalue weighted by molar-refractivity contribution is 14.0. The van der Waals surface area contributed by atoms with Gasteiger partial charge in [0, 0.05) is 32.4 Å². The number of nitrogens with one attached hydrogen (secondary N) is 2. The molecule has 0 spiro atoms. The molecule has 2 heterocycles. The minimum Gasteiger partial charge on any atom is -0.468 e. The first kappa shape index (κ1) is 26.2. The third-order valence-electron chi connectivity index (χ3n) is 5.10. The molecule has 10 heteroatoms. The van der Waals surface area contributed by atoms with Crippen molar-refractivity contribution in [2.24, 2.45) is 4.99 Å². The maximum Gasteiger partial charge on any atom is 0.422 e. The van der Waals surface area contributed by atoms with Gasteiger partial charge in [-0.25, -0.2) is 4.98 Å². The second-order valence-electron chi connectivity index (χ2n) is 7.38. The number of ether oxygens (including phenoxy) is 1. The molecule has 2 aromatic rings. The summed E-state index contributed by atoms with van der Waals surface area (Å²) in [5.41, 5.74) is 2.00. The van der Waals surface area contributed by atoms with E-state index in [4.69, 9.17) is 4.74 Å². The molecule has 1 aliphatic heterocycles. The van der Waals surface area contributed by atoms with Crippen LogP contribution in [0, 0.1) is 0 Å². The summed E-state index contributed by atoms with van der Waals surface area (Å²) in [5, 5.41) is 6.57. The average Bonchev–Trinajstić information content (AvgIpc) is 3.30. The van der Waals surface area contributed by atoms with Gasteiger partial charge in [0.25, 0.3) is 0 Å². The third-order valence-corrected chi connectivity index (χ3v) is 5.10. The largest absolute Gasteiger partial charge is 0.468 e. The summed E-state index contributed by atoms with van der Waals surface area (Å²) in [5.74, 6) is 0.562. The fraction of sp³-hybridized carbons (Fsp3) is 0.455. The van der Waals surface area contributed by atoms with E-state index in [9.17, 15) is 13.2 Å². The topological polar surface area (TPSA) is 61.8 Å². The quantitative estimate of drug-likeness (QED) is 0.287. The van der Waals surface area contributed by atoms with E-state index in [1.807, 2.05) is 18.2 Å². The maximum absolute atomic E-state index is 12.3. The second kappa shape index (κ2) is 12.8. The predicted octanol–water partition coefficient (Wildman–Crippen LogP) is 4.14. The van der Waals surface area contributed by atoms with Crippen molar-refractivity contribution in [3.63, 3.8) is 0 Å². The van der Waals surface area contributed by atoms with Crippen LogP contribution in [0.4, 0.5) is 13.2 Å². The molecule has 1 saturated heterocycles. The molecule has 1 aromatic carbocycles. The van der Waals surface area contributed by atoms with Crippen molar-refractivity contribution in [2.45, 2.75) is 31.6 Å². The van der Waals surface area contributed by atoms with E-state index in [2.05, 4.69) is 37.6 Å². The van der Waals surface area contributed by atoms with Crippen LogP contribution in [-0.4, -0.2) is 55.3 Å². The molecule has 0 radical (unpaired) electrons. The third kappa shape index (κ3) is 8.45. The smallest absolute Gasteiger partial charge is 0.422 e. The lowest BCUT2D eigenvalue weighted by atomic mass is 10.1. The van der Waals surface area contributed by atoms with E-state index in [0.29, 0.717) is 19.0 Å². The molecule has 1 aromatic heterocycles. The molecule has 6 nitrogen and oxygen atoms in total. The van der Waals surface area contributed by atoms with E-state index < -0.39 is 12.8 Å². The normalized spacial score (nSPS) is 15.7. The number of aromatic nitrogens is 1. The minimum absolute atomic E-state index is 0. The minimum atomic E-state index is -4.40. The van der Waals surface area contributed by atoms with Gasteiger partial charge in [0.2, 0.25) is 5.88 Å². The Morgan fingerprint density at radius 1 is 1.16 bits per heavy atom. The molecule has 2 N–H and O–H groups in total. The highest BCUT2D eigenvalue weighted by atomic mass is 127. The van der Waals surface area contributed by atoms with Gasteiger partial charge < -0.3 is 15.4 Å². The first-order valence-electron chi connectivity index (χ1n) is 10.3. The number of hydrogen-bond acceptors (Lipinski definition) is 4. The average molecular weight is 563 g/mol. The van der Waals surface area contributed by atoms with Gasteiger partial charge in [-0.3, -0.25) is 9.89 Å². The Kier molecular flexibility index (Phi) is 10.5. The molecule has 1 fully saturated rings. The molecule has 0 saturated carbocycles. The summed E-state index contributed by atoms with van der Waals surface area (Å²) >= 11 is 0. The number of rotatable bonds is 8.